The van der Waals surface area contributed by atoms with Crippen LogP contribution in [0, 0.1) is 5.92 Å². The van der Waals surface area contributed by atoms with Crippen molar-refractivity contribution in [1.82, 2.24) is 0 Å². The number of rotatable bonds is 6. The Hall–Kier alpha value is -0.530. The molecule has 0 saturated heterocycles. The third-order valence-corrected chi connectivity index (χ3v) is 3.04. The Morgan fingerprint density at radius 3 is 2.47 bits per heavy atom. The molecule has 15 heavy (non-hydrogen) atoms. The summed E-state index contributed by atoms with van der Waals surface area (Å²) in [6.45, 7) is 5.67. The summed E-state index contributed by atoms with van der Waals surface area (Å²) in [7, 11) is 0. The fourth-order valence-electron chi connectivity index (χ4n) is 1.26. The van der Waals surface area contributed by atoms with Crippen molar-refractivity contribution in [2.24, 2.45) is 5.92 Å². The third kappa shape index (κ3) is 5.19. The number of halogens is 1. The molecule has 0 fully saturated rings. The van der Waals surface area contributed by atoms with Crippen LogP contribution in [0.25, 0.3) is 0 Å². The van der Waals surface area contributed by atoms with Crippen molar-refractivity contribution >= 4 is 11.6 Å². The van der Waals surface area contributed by atoms with E-state index >= 15 is 0 Å². The van der Waals surface area contributed by atoms with Gasteiger partial charge in [0.15, 0.2) is 0 Å². The molecule has 0 radical (unpaired) electrons. The molecule has 84 valence electrons. The number of ether oxygens (including phenoxy) is 1. The van der Waals surface area contributed by atoms with E-state index in [-0.39, 0.29) is 5.38 Å². The van der Waals surface area contributed by atoms with E-state index in [0.717, 1.165) is 13.0 Å². The van der Waals surface area contributed by atoms with Gasteiger partial charge in [0.1, 0.15) is 0 Å². The van der Waals surface area contributed by atoms with Crippen LogP contribution in [0.15, 0.2) is 30.3 Å². The molecule has 2 atom stereocenters. The SMILES string of the molecule is CC(Cl)C(C)CCOCc1ccccc1. The zero-order valence-electron chi connectivity index (χ0n) is 9.45. The predicted molar refractivity (Wildman–Crippen MR) is 65.2 cm³/mol. The number of hydrogen-bond acceptors (Lipinski definition) is 1. The van der Waals surface area contributed by atoms with Crippen LogP contribution in [0.4, 0.5) is 0 Å². The first-order valence-corrected chi connectivity index (χ1v) is 5.89. The number of benzene rings is 1. The van der Waals surface area contributed by atoms with Gasteiger partial charge in [-0.15, -0.1) is 11.6 Å². The van der Waals surface area contributed by atoms with Crippen LogP contribution in [0.3, 0.4) is 0 Å². The van der Waals surface area contributed by atoms with E-state index in [2.05, 4.69) is 19.1 Å². The average Bonchev–Trinajstić information content (AvgIpc) is 2.25. The summed E-state index contributed by atoms with van der Waals surface area (Å²) in [5.74, 6) is 0.516. The molecule has 2 unspecified atom stereocenters. The Morgan fingerprint density at radius 1 is 1.20 bits per heavy atom. The smallest absolute Gasteiger partial charge is 0.0716 e. The van der Waals surface area contributed by atoms with E-state index in [1.165, 1.54) is 5.56 Å². The lowest BCUT2D eigenvalue weighted by atomic mass is 10.1. The molecular weight excluding hydrogens is 208 g/mol. The zero-order chi connectivity index (χ0) is 11.1. The summed E-state index contributed by atoms with van der Waals surface area (Å²) in [5.41, 5.74) is 1.23. The summed E-state index contributed by atoms with van der Waals surface area (Å²) >= 11 is 5.97. The largest absolute Gasteiger partial charge is 0.377 e. The highest BCUT2D eigenvalue weighted by molar-refractivity contribution is 6.20. The minimum atomic E-state index is 0.227. The van der Waals surface area contributed by atoms with Gasteiger partial charge in [-0.25, -0.2) is 0 Å². The molecule has 2 heteroatoms. The quantitative estimate of drug-likeness (QED) is 0.529. The van der Waals surface area contributed by atoms with E-state index in [9.17, 15) is 0 Å². The summed E-state index contributed by atoms with van der Waals surface area (Å²) in [4.78, 5) is 0. The van der Waals surface area contributed by atoms with E-state index < -0.39 is 0 Å². The van der Waals surface area contributed by atoms with Crippen LogP contribution in [0.1, 0.15) is 25.8 Å². The van der Waals surface area contributed by atoms with Crippen molar-refractivity contribution in [2.45, 2.75) is 32.3 Å². The van der Waals surface area contributed by atoms with Crippen LogP contribution >= 0.6 is 11.6 Å². The molecule has 0 bridgehead atoms. The minimum Gasteiger partial charge on any atom is -0.377 e. The van der Waals surface area contributed by atoms with Crippen LogP contribution < -0.4 is 0 Å². The fourth-order valence-corrected chi connectivity index (χ4v) is 1.39. The molecule has 0 amide bonds. The Bertz CT molecular complexity index is 258. The molecule has 0 aromatic heterocycles. The first kappa shape index (κ1) is 12.5. The lowest BCUT2D eigenvalue weighted by molar-refractivity contribution is 0.109. The Kier molecular flexibility index (Phi) is 5.74. The highest BCUT2D eigenvalue weighted by Gasteiger charge is 2.08. The summed E-state index contributed by atoms with van der Waals surface area (Å²) in [6, 6.07) is 10.2. The Balaban J connectivity index is 2.12. The average molecular weight is 227 g/mol. The van der Waals surface area contributed by atoms with Gasteiger partial charge in [0.2, 0.25) is 0 Å². The summed E-state index contributed by atoms with van der Waals surface area (Å²) in [6.07, 6.45) is 1.03. The van der Waals surface area contributed by atoms with Gasteiger partial charge in [0, 0.05) is 12.0 Å². The standard InChI is InChI=1S/C13H19ClO/c1-11(12(2)14)8-9-15-10-13-6-4-3-5-7-13/h3-7,11-12H,8-10H2,1-2H3. The van der Waals surface area contributed by atoms with Crippen molar-refractivity contribution in [1.29, 1.82) is 0 Å². The molecule has 0 N–H and O–H groups in total. The maximum absolute atomic E-state index is 5.97. The van der Waals surface area contributed by atoms with Gasteiger partial charge in [-0.05, 0) is 24.8 Å². The van der Waals surface area contributed by atoms with Gasteiger partial charge in [0.05, 0.1) is 6.61 Å². The monoisotopic (exact) mass is 226 g/mol. The zero-order valence-corrected chi connectivity index (χ0v) is 10.2. The predicted octanol–water partition coefficient (Wildman–Crippen LogP) is 3.86. The molecule has 0 spiro atoms. The molecule has 0 saturated carbocycles. The van der Waals surface area contributed by atoms with Gasteiger partial charge >= 0.3 is 0 Å². The fraction of sp³-hybridized carbons (Fsp3) is 0.538. The van der Waals surface area contributed by atoms with E-state index in [4.69, 9.17) is 16.3 Å². The van der Waals surface area contributed by atoms with E-state index in [0.29, 0.717) is 12.5 Å². The van der Waals surface area contributed by atoms with Crippen molar-refractivity contribution in [2.75, 3.05) is 6.61 Å². The van der Waals surface area contributed by atoms with Crippen LogP contribution in [-0.2, 0) is 11.3 Å². The molecule has 0 aliphatic carbocycles. The topological polar surface area (TPSA) is 9.23 Å². The second-order valence-corrected chi connectivity index (χ2v) is 4.67. The molecule has 1 aromatic carbocycles. The lowest BCUT2D eigenvalue weighted by Gasteiger charge is -2.13. The van der Waals surface area contributed by atoms with Crippen LogP contribution in [-0.4, -0.2) is 12.0 Å². The van der Waals surface area contributed by atoms with Crippen LogP contribution in [0.2, 0.25) is 0 Å². The molecule has 1 rings (SSSR count). The first-order valence-electron chi connectivity index (χ1n) is 5.46. The molecule has 0 aliphatic heterocycles. The van der Waals surface area contributed by atoms with E-state index in [1.807, 2.05) is 25.1 Å². The second kappa shape index (κ2) is 6.86. The highest BCUT2D eigenvalue weighted by Crippen LogP contribution is 2.13. The van der Waals surface area contributed by atoms with Gasteiger partial charge in [-0.1, -0.05) is 37.3 Å². The summed E-state index contributed by atoms with van der Waals surface area (Å²) in [5, 5.41) is 0.227. The maximum atomic E-state index is 5.97. The molecule has 0 aliphatic rings. The van der Waals surface area contributed by atoms with Crippen molar-refractivity contribution in [3.05, 3.63) is 35.9 Å². The number of hydrogen-bond donors (Lipinski definition) is 0. The van der Waals surface area contributed by atoms with Gasteiger partial charge in [-0.3, -0.25) is 0 Å². The first-order chi connectivity index (χ1) is 7.20. The van der Waals surface area contributed by atoms with Crippen molar-refractivity contribution in [3.8, 4) is 0 Å². The van der Waals surface area contributed by atoms with Crippen molar-refractivity contribution < 1.29 is 4.74 Å². The van der Waals surface area contributed by atoms with Gasteiger partial charge in [0.25, 0.3) is 0 Å². The Labute approximate surface area is 97.4 Å². The Morgan fingerprint density at radius 2 is 1.87 bits per heavy atom. The highest BCUT2D eigenvalue weighted by atomic mass is 35.5. The second-order valence-electron chi connectivity index (χ2n) is 3.98. The lowest BCUT2D eigenvalue weighted by Crippen LogP contribution is -2.10. The third-order valence-electron chi connectivity index (χ3n) is 2.61. The minimum absolute atomic E-state index is 0.227. The molecule has 1 aromatic rings. The van der Waals surface area contributed by atoms with E-state index in [1.54, 1.807) is 0 Å². The maximum Gasteiger partial charge on any atom is 0.0716 e. The molecule has 0 heterocycles. The molecule has 1 nitrogen and oxygen atoms in total. The molecular formula is C13H19ClO. The van der Waals surface area contributed by atoms with Crippen LogP contribution in [0.5, 0.6) is 0 Å². The summed E-state index contributed by atoms with van der Waals surface area (Å²) < 4.78 is 5.58. The van der Waals surface area contributed by atoms with Gasteiger partial charge < -0.3 is 4.74 Å². The number of alkyl halides is 1. The van der Waals surface area contributed by atoms with Crippen molar-refractivity contribution in [3.63, 3.8) is 0 Å². The normalized spacial score (nSPS) is 14.9. The van der Waals surface area contributed by atoms with Gasteiger partial charge in [-0.2, -0.15) is 0 Å².